The Morgan fingerprint density at radius 3 is 1.34 bits per heavy atom. The Bertz CT molecular complexity index is 1170. The highest BCUT2D eigenvalue weighted by Crippen LogP contribution is 2.38. The molecule has 0 radical (unpaired) electrons. The number of benzene rings is 3. The van der Waals surface area contributed by atoms with Crippen LogP contribution in [0.5, 0.6) is 17.2 Å². The minimum Gasteiger partial charge on any atom is -0.497 e. The molecule has 4 rings (SSSR count). The minimum absolute atomic E-state index is 0.769. The highest BCUT2D eigenvalue weighted by atomic mass is 32.1. The fourth-order valence-electron chi connectivity index (χ4n) is 4.25. The van der Waals surface area contributed by atoms with Gasteiger partial charge in [-0.1, -0.05) is 51.7 Å². The van der Waals surface area contributed by atoms with Crippen LogP contribution in [0.3, 0.4) is 0 Å². The van der Waals surface area contributed by atoms with Gasteiger partial charge in [0.15, 0.2) is 0 Å². The van der Waals surface area contributed by atoms with Crippen LogP contribution in [0.15, 0.2) is 84.9 Å². The van der Waals surface area contributed by atoms with E-state index < -0.39 is 0 Å². The van der Waals surface area contributed by atoms with Crippen molar-refractivity contribution in [3.8, 4) is 49.3 Å². The number of unbranched alkanes of at least 4 members (excludes halogenated alkanes) is 4. The summed E-state index contributed by atoms with van der Waals surface area (Å²) in [4.78, 5) is 2.43. The first-order chi connectivity index (χ1) is 18.7. The standard InChI is InChI=1S/C34H39O3S/c1-4-6-8-22-36-31-18-12-27(13-19-31)33-24-29(26-10-16-30(35-3)17-11-26)25-34(38-33)28-14-20-32(21-15-28)37-23-9-7-5-2/h10-21,24-25H,4-9,22-23H2,1-3H3/q+1. The normalized spacial score (nSPS) is 10.8. The Kier molecular flexibility index (Phi) is 10.6. The van der Waals surface area contributed by atoms with Crippen molar-refractivity contribution in [2.45, 2.75) is 52.4 Å². The number of hydrogen-bond donors (Lipinski definition) is 0. The van der Waals surface area contributed by atoms with Gasteiger partial charge in [0.2, 0.25) is 21.1 Å². The lowest BCUT2D eigenvalue weighted by atomic mass is 10.0. The molecule has 1 heterocycles. The van der Waals surface area contributed by atoms with Crippen LogP contribution in [0, 0.1) is 0 Å². The lowest BCUT2D eigenvalue weighted by molar-refractivity contribution is 0.306. The molecule has 4 aromatic rings. The van der Waals surface area contributed by atoms with Crippen molar-refractivity contribution in [2.24, 2.45) is 0 Å². The second-order valence-corrected chi connectivity index (χ2v) is 10.5. The zero-order valence-electron chi connectivity index (χ0n) is 22.9. The first-order valence-corrected chi connectivity index (χ1v) is 14.6. The SMILES string of the molecule is CCCCCOc1ccc(-c2cc(-c3ccc(OC)cc3)cc(-c3ccc(OCCCCC)cc3)[s+]2)cc1. The van der Waals surface area contributed by atoms with Crippen LogP contribution in [-0.4, -0.2) is 20.3 Å². The summed E-state index contributed by atoms with van der Waals surface area (Å²) in [7, 11) is 1.70. The summed E-state index contributed by atoms with van der Waals surface area (Å²) in [5.74, 6) is 2.71. The number of ether oxygens (including phenoxy) is 3. The smallest absolute Gasteiger partial charge is 0.239 e. The van der Waals surface area contributed by atoms with Gasteiger partial charge in [0.1, 0.15) is 17.2 Å². The maximum atomic E-state index is 5.94. The molecule has 0 amide bonds. The van der Waals surface area contributed by atoms with Crippen LogP contribution >= 0.6 is 11.3 Å². The molecule has 0 bridgehead atoms. The number of hydrogen-bond acceptors (Lipinski definition) is 3. The molecular formula is C34H39O3S+. The lowest BCUT2D eigenvalue weighted by Crippen LogP contribution is -1.96. The largest absolute Gasteiger partial charge is 0.497 e. The molecule has 0 fully saturated rings. The molecule has 0 unspecified atom stereocenters. The monoisotopic (exact) mass is 527 g/mol. The fourth-order valence-corrected chi connectivity index (χ4v) is 5.37. The second kappa shape index (κ2) is 14.5. The van der Waals surface area contributed by atoms with Crippen molar-refractivity contribution >= 4 is 11.3 Å². The quantitative estimate of drug-likeness (QED) is 0.121. The Morgan fingerprint density at radius 1 is 0.500 bits per heavy atom. The summed E-state index contributed by atoms with van der Waals surface area (Å²) in [6, 6.07) is 29.8. The molecule has 198 valence electrons. The highest BCUT2D eigenvalue weighted by molar-refractivity contribution is 7.18. The zero-order chi connectivity index (χ0) is 26.6. The predicted molar refractivity (Wildman–Crippen MR) is 162 cm³/mol. The van der Waals surface area contributed by atoms with Crippen molar-refractivity contribution in [2.75, 3.05) is 20.3 Å². The van der Waals surface area contributed by atoms with Gasteiger partial charge in [-0.2, -0.15) is 0 Å². The van der Waals surface area contributed by atoms with Crippen molar-refractivity contribution < 1.29 is 14.2 Å². The van der Waals surface area contributed by atoms with Gasteiger partial charge in [-0.05, 0) is 84.6 Å². The van der Waals surface area contributed by atoms with Crippen LogP contribution in [0.2, 0.25) is 0 Å². The van der Waals surface area contributed by atoms with Gasteiger partial charge in [0.05, 0.1) is 20.3 Å². The van der Waals surface area contributed by atoms with Gasteiger partial charge in [0, 0.05) is 23.3 Å². The summed E-state index contributed by atoms with van der Waals surface area (Å²) in [6.45, 7) is 5.96. The molecule has 0 N–H and O–H groups in total. The molecule has 0 saturated carbocycles. The Labute approximate surface area is 232 Å². The Hall–Kier alpha value is -3.37. The molecule has 0 aliphatic heterocycles. The van der Waals surface area contributed by atoms with E-state index in [1.807, 2.05) is 12.1 Å². The molecule has 4 heteroatoms. The third-order valence-corrected chi connectivity index (χ3v) is 7.67. The summed E-state index contributed by atoms with van der Waals surface area (Å²) < 4.78 is 17.3. The van der Waals surface area contributed by atoms with E-state index in [1.54, 1.807) is 18.4 Å². The van der Waals surface area contributed by atoms with Crippen LogP contribution in [0.4, 0.5) is 0 Å². The van der Waals surface area contributed by atoms with Crippen LogP contribution in [-0.2, 0) is 0 Å². The summed E-state index contributed by atoms with van der Waals surface area (Å²) in [5.41, 5.74) is 4.70. The summed E-state index contributed by atoms with van der Waals surface area (Å²) in [6.07, 6.45) is 6.99. The molecule has 3 aromatic carbocycles. The van der Waals surface area contributed by atoms with Crippen molar-refractivity contribution in [1.29, 1.82) is 0 Å². The summed E-state index contributed by atoms with van der Waals surface area (Å²) in [5, 5.41) is 0. The Morgan fingerprint density at radius 2 is 0.921 bits per heavy atom. The maximum absolute atomic E-state index is 5.94. The van der Waals surface area contributed by atoms with E-state index >= 15 is 0 Å². The molecule has 3 nitrogen and oxygen atoms in total. The first-order valence-electron chi connectivity index (χ1n) is 13.8. The van der Waals surface area contributed by atoms with Crippen molar-refractivity contribution in [3.63, 3.8) is 0 Å². The topological polar surface area (TPSA) is 27.7 Å². The molecule has 0 atom stereocenters. The number of methoxy groups -OCH3 is 1. The predicted octanol–water partition coefficient (Wildman–Crippen LogP) is 10.2. The minimum atomic E-state index is 0.769. The molecule has 38 heavy (non-hydrogen) atoms. The van der Waals surface area contributed by atoms with Crippen LogP contribution in [0.1, 0.15) is 52.4 Å². The Balaban J connectivity index is 1.61. The van der Waals surface area contributed by atoms with Gasteiger partial charge >= 0.3 is 0 Å². The summed E-state index contributed by atoms with van der Waals surface area (Å²) >= 11 is 1.80. The fraction of sp³-hybridized carbons (Fsp3) is 0.324. The van der Waals surface area contributed by atoms with Gasteiger partial charge < -0.3 is 14.2 Å². The van der Waals surface area contributed by atoms with Crippen molar-refractivity contribution in [3.05, 3.63) is 84.9 Å². The molecule has 0 aliphatic rings. The van der Waals surface area contributed by atoms with E-state index in [4.69, 9.17) is 14.2 Å². The highest BCUT2D eigenvalue weighted by Gasteiger charge is 2.20. The third-order valence-electron chi connectivity index (χ3n) is 6.53. The van der Waals surface area contributed by atoms with Gasteiger partial charge in [-0.15, -0.1) is 0 Å². The molecule has 1 aromatic heterocycles. The van der Waals surface area contributed by atoms with Gasteiger partial charge in [0.25, 0.3) is 0 Å². The first kappa shape index (κ1) is 27.7. The average Bonchev–Trinajstić information content (AvgIpc) is 2.98. The molecule has 0 spiro atoms. The van der Waals surface area contributed by atoms with E-state index in [2.05, 4.69) is 86.6 Å². The average molecular weight is 528 g/mol. The van der Waals surface area contributed by atoms with Gasteiger partial charge in [-0.3, -0.25) is 0 Å². The lowest BCUT2D eigenvalue weighted by Gasteiger charge is -2.07. The van der Waals surface area contributed by atoms with Gasteiger partial charge in [-0.25, -0.2) is 0 Å². The van der Waals surface area contributed by atoms with E-state index in [1.165, 1.54) is 52.1 Å². The van der Waals surface area contributed by atoms with Crippen molar-refractivity contribution in [1.82, 2.24) is 0 Å². The van der Waals surface area contributed by atoms with E-state index in [0.29, 0.717) is 0 Å². The molecule has 0 aliphatic carbocycles. The maximum Gasteiger partial charge on any atom is 0.239 e. The number of rotatable bonds is 14. The van der Waals surface area contributed by atoms with E-state index in [9.17, 15) is 0 Å². The van der Waals surface area contributed by atoms with E-state index in [0.717, 1.165) is 48.9 Å². The third kappa shape index (κ3) is 7.82. The molecular weight excluding hydrogens is 488 g/mol. The zero-order valence-corrected chi connectivity index (χ0v) is 23.7. The van der Waals surface area contributed by atoms with Crippen LogP contribution < -0.4 is 14.2 Å². The van der Waals surface area contributed by atoms with E-state index in [-0.39, 0.29) is 0 Å². The van der Waals surface area contributed by atoms with Crippen LogP contribution in [0.25, 0.3) is 32.0 Å². The second-order valence-electron chi connectivity index (χ2n) is 9.46. The molecule has 0 saturated heterocycles.